The van der Waals surface area contributed by atoms with Gasteiger partial charge in [-0.05, 0) is 60.9 Å². The molecule has 8 nitrogen and oxygen atoms in total. The lowest BCUT2D eigenvalue weighted by atomic mass is 9.75. The van der Waals surface area contributed by atoms with Crippen LogP contribution in [0.25, 0.3) is 10.9 Å². The van der Waals surface area contributed by atoms with Gasteiger partial charge in [-0.1, -0.05) is 48.5 Å². The Morgan fingerprint density at radius 2 is 1.90 bits per heavy atom. The number of fused-ring (bicyclic) bond motifs is 1. The SMILES string of the molecule is C=CCOC(=O)C(c1ccc(C2(NC(=O)c3cc4c(Cl)c(OC)ccc4n3C)COC2)cc1)C1CCC(O)CC1. The molecule has 2 aromatic carbocycles. The van der Waals surface area contributed by atoms with E-state index in [2.05, 4.69) is 11.9 Å². The fourth-order valence-corrected chi connectivity index (χ4v) is 6.20. The first kappa shape index (κ1) is 28.2. The highest BCUT2D eigenvalue weighted by molar-refractivity contribution is 6.37. The molecule has 1 aliphatic carbocycles. The van der Waals surface area contributed by atoms with Crippen molar-refractivity contribution in [2.45, 2.75) is 43.2 Å². The molecule has 2 aliphatic rings. The summed E-state index contributed by atoms with van der Waals surface area (Å²) in [5.41, 5.74) is 2.35. The number of carbonyl (C=O) groups is 2. The van der Waals surface area contributed by atoms with Crippen LogP contribution in [0.4, 0.5) is 0 Å². The van der Waals surface area contributed by atoms with Crippen LogP contribution in [0, 0.1) is 5.92 Å². The number of hydrogen-bond donors (Lipinski definition) is 2. The second kappa shape index (κ2) is 11.6. The number of aromatic nitrogens is 1. The molecule has 0 spiro atoms. The first-order chi connectivity index (χ1) is 19.3. The van der Waals surface area contributed by atoms with E-state index in [1.54, 1.807) is 25.3 Å². The second-order valence-corrected chi connectivity index (χ2v) is 11.1. The van der Waals surface area contributed by atoms with Crippen molar-refractivity contribution in [1.82, 2.24) is 9.88 Å². The fraction of sp³-hybridized carbons (Fsp3) is 0.419. The van der Waals surface area contributed by atoms with Crippen molar-refractivity contribution in [2.75, 3.05) is 26.9 Å². The summed E-state index contributed by atoms with van der Waals surface area (Å²) in [5.74, 6) is -0.319. The van der Waals surface area contributed by atoms with Gasteiger partial charge in [-0.15, -0.1) is 0 Å². The summed E-state index contributed by atoms with van der Waals surface area (Å²) in [5, 5.41) is 14.4. The number of aliphatic hydroxyl groups is 1. The molecule has 2 fully saturated rings. The Bertz CT molecular complexity index is 1400. The monoisotopic (exact) mass is 566 g/mol. The second-order valence-electron chi connectivity index (χ2n) is 10.7. The van der Waals surface area contributed by atoms with Gasteiger partial charge in [-0.25, -0.2) is 0 Å². The first-order valence-corrected chi connectivity index (χ1v) is 13.9. The van der Waals surface area contributed by atoms with Gasteiger partial charge < -0.3 is 29.2 Å². The third-order valence-corrected chi connectivity index (χ3v) is 8.65. The molecule has 1 saturated heterocycles. The van der Waals surface area contributed by atoms with Gasteiger partial charge >= 0.3 is 5.97 Å². The third-order valence-electron chi connectivity index (χ3n) is 8.26. The van der Waals surface area contributed by atoms with Gasteiger partial charge in [0.15, 0.2) is 0 Å². The van der Waals surface area contributed by atoms with Crippen LogP contribution in [0.2, 0.25) is 5.02 Å². The number of benzene rings is 2. The minimum atomic E-state index is -0.693. The number of ether oxygens (including phenoxy) is 3. The normalized spacial score (nSPS) is 20.8. The van der Waals surface area contributed by atoms with Gasteiger partial charge in [0.05, 0.1) is 42.9 Å². The molecule has 1 aliphatic heterocycles. The van der Waals surface area contributed by atoms with E-state index < -0.39 is 11.5 Å². The highest BCUT2D eigenvalue weighted by atomic mass is 35.5. The summed E-state index contributed by atoms with van der Waals surface area (Å²) < 4.78 is 18.2. The van der Waals surface area contributed by atoms with Crippen LogP contribution in [0.15, 0.2) is 55.1 Å². The Kier molecular flexibility index (Phi) is 8.21. The average Bonchev–Trinajstić information content (AvgIpc) is 3.28. The van der Waals surface area contributed by atoms with Crippen LogP contribution in [0.1, 0.15) is 53.2 Å². The van der Waals surface area contributed by atoms with Gasteiger partial charge in [0.25, 0.3) is 5.91 Å². The van der Waals surface area contributed by atoms with E-state index in [1.165, 1.54) is 0 Å². The van der Waals surface area contributed by atoms with Crippen molar-refractivity contribution < 1.29 is 28.9 Å². The molecule has 1 unspecified atom stereocenters. The van der Waals surface area contributed by atoms with Gasteiger partial charge in [0, 0.05) is 12.4 Å². The maximum atomic E-state index is 13.5. The minimum absolute atomic E-state index is 0.0872. The van der Waals surface area contributed by atoms with E-state index in [9.17, 15) is 14.7 Å². The van der Waals surface area contributed by atoms with Crippen molar-refractivity contribution in [3.63, 3.8) is 0 Å². The lowest BCUT2D eigenvalue weighted by Crippen LogP contribution is -2.59. The number of carbonyl (C=O) groups excluding carboxylic acids is 2. The summed E-state index contributed by atoms with van der Waals surface area (Å²) in [7, 11) is 3.38. The van der Waals surface area contributed by atoms with Crippen molar-refractivity contribution in [3.05, 3.63) is 77.0 Å². The van der Waals surface area contributed by atoms with E-state index in [0.717, 1.165) is 34.9 Å². The third kappa shape index (κ3) is 5.23. The molecule has 9 heteroatoms. The zero-order valence-electron chi connectivity index (χ0n) is 22.8. The number of aryl methyl sites for hydroxylation is 1. The Balaban J connectivity index is 1.39. The molecule has 1 aromatic heterocycles. The molecular weight excluding hydrogens is 532 g/mol. The molecule has 2 heterocycles. The summed E-state index contributed by atoms with van der Waals surface area (Å²) in [6, 6.07) is 13.2. The van der Waals surface area contributed by atoms with Gasteiger partial charge in [-0.3, -0.25) is 9.59 Å². The number of hydrogen-bond acceptors (Lipinski definition) is 6. The van der Waals surface area contributed by atoms with Crippen molar-refractivity contribution >= 4 is 34.4 Å². The smallest absolute Gasteiger partial charge is 0.314 e. The van der Waals surface area contributed by atoms with E-state index in [4.69, 9.17) is 25.8 Å². The summed E-state index contributed by atoms with van der Waals surface area (Å²) in [6.45, 7) is 4.47. The quantitative estimate of drug-likeness (QED) is 0.283. The molecule has 0 bridgehead atoms. The maximum Gasteiger partial charge on any atom is 0.314 e. The van der Waals surface area contributed by atoms with Crippen molar-refractivity contribution in [2.24, 2.45) is 13.0 Å². The number of amides is 1. The van der Waals surface area contributed by atoms with Crippen LogP contribution < -0.4 is 10.1 Å². The molecule has 1 amide bonds. The van der Waals surface area contributed by atoms with Gasteiger partial charge in [0.1, 0.15) is 23.6 Å². The first-order valence-electron chi connectivity index (χ1n) is 13.6. The van der Waals surface area contributed by atoms with Crippen LogP contribution in [-0.2, 0) is 26.9 Å². The molecule has 5 rings (SSSR count). The lowest BCUT2D eigenvalue weighted by Gasteiger charge is -2.42. The highest BCUT2D eigenvalue weighted by Crippen LogP contribution is 2.39. The predicted molar refractivity (Wildman–Crippen MR) is 153 cm³/mol. The fourth-order valence-electron chi connectivity index (χ4n) is 5.91. The zero-order valence-corrected chi connectivity index (χ0v) is 23.6. The van der Waals surface area contributed by atoms with Crippen LogP contribution in [0.3, 0.4) is 0 Å². The molecule has 2 N–H and O–H groups in total. The van der Waals surface area contributed by atoms with Gasteiger partial charge in [-0.2, -0.15) is 0 Å². The molecule has 40 heavy (non-hydrogen) atoms. The molecule has 3 aromatic rings. The lowest BCUT2D eigenvalue weighted by molar-refractivity contribution is -0.146. The van der Waals surface area contributed by atoms with Crippen molar-refractivity contribution in [1.29, 1.82) is 0 Å². The molecule has 1 atom stereocenters. The maximum absolute atomic E-state index is 13.5. The summed E-state index contributed by atoms with van der Waals surface area (Å²) >= 11 is 6.51. The molecule has 0 radical (unpaired) electrons. The number of rotatable bonds is 9. The molecular formula is C31H35ClN2O6. The van der Waals surface area contributed by atoms with Crippen LogP contribution >= 0.6 is 11.6 Å². The van der Waals surface area contributed by atoms with Crippen molar-refractivity contribution in [3.8, 4) is 5.75 Å². The molecule has 212 valence electrons. The number of esters is 1. The Hall–Kier alpha value is -3.33. The Labute approximate surface area is 238 Å². The van der Waals surface area contributed by atoms with Gasteiger partial charge in [0.2, 0.25) is 0 Å². The minimum Gasteiger partial charge on any atom is -0.495 e. The highest BCUT2D eigenvalue weighted by Gasteiger charge is 2.43. The Morgan fingerprint density at radius 1 is 1.20 bits per heavy atom. The Morgan fingerprint density at radius 3 is 2.50 bits per heavy atom. The number of halogens is 1. The summed E-state index contributed by atoms with van der Waals surface area (Å²) in [4.78, 5) is 26.6. The van der Waals surface area contributed by atoms with Crippen LogP contribution in [0.5, 0.6) is 5.75 Å². The number of nitrogens with zero attached hydrogens (tertiary/aromatic N) is 1. The van der Waals surface area contributed by atoms with E-state index in [1.807, 2.05) is 41.9 Å². The number of nitrogens with one attached hydrogen (secondary N) is 1. The topological polar surface area (TPSA) is 99.0 Å². The van der Waals surface area contributed by atoms with E-state index >= 15 is 0 Å². The van der Waals surface area contributed by atoms with Crippen LogP contribution in [-0.4, -0.2) is 54.6 Å². The average molecular weight is 567 g/mol. The standard InChI is InChI=1S/C31H35ClN2O6/c1-4-15-40-30(37)27(20-7-11-22(35)12-8-20)19-5-9-21(10-6-19)31(17-39-18-31)33-29(36)25-16-23-24(34(25)2)13-14-26(38-3)28(23)32/h4-6,9-10,13-14,16,20,22,27,35H,1,7-8,11-12,15,17-18H2,2-3H3,(H,33,36). The number of methoxy groups -OCH3 is 1. The van der Waals surface area contributed by atoms with E-state index in [0.29, 0.717) is 42.5 Å². The largest absolute Gasteiger partial charge is 0.495 e. The zero-order chi connectivity index (χ0) is 28.4. The number of aliphatic hydroxyl groups excluding tert-OH is 1. The van der Waals surface area contributed by atoms with E-state index in [-0.39, 0.29) is 30.5 Å². The summed E-state index contributed by atoms with van der Waals surface area (Å²) in [6.07, 6.45) is 4.10. The predicted octanol–water partition coefficient (Wildman–Crippen LogP) is 4.86. The molecule has 1 saturated carbocycles.